The first-order chi connectivity index (χ1) is 9.28. The Balaban J connectivity index is 1.95. The van der Waals surface area contributed by atoms with Gasteiger partial charge in [0.25, 0.3) is 0 Å². The van der Waals surface area contributed by atoms with Crippen LogP contribution in [0.5, 0.6) is 0 Å². The number of hydrogen-bond acceptors (Lipinski definition) is 4. The van der Waals surface area contributed by atoms with Crippen molar-refractivity contribution in [3.05, 3.63) is 35.7 Å². The second-order valence-electron chi connectivity index (χ2n) is 4.21. The summed E-state index contributed by atoms with van der Waals surface area (Å²) in [5, 5.41) is 8.21. The highest BCUT2D eigenvalue weighted by atomic mass is 35.5. The highest BCUT2D eigenvalue weighted by Crippen LogP contribution is 2.35. The van der Waals surface area contributed by atoms with Crippen molar-refractivity contribution in [2.24, 2.45) is 0 Å². The third-order valence-corrected chi connectivity index (χ3v) is 4.51. The van der Waals surface area contributed by atoms with Gasteiger partial charge in [-0.25, -0.2) is 0 Å². The number of likely N-dealkylation sites (N-methyl/N-ethyl adjacent to an activating group) is 1. The van der Waals surface area contributed by atoms with Gasteiger partial charge in [0.1, 0.15) is 0 Å². The van der Waals surface area contributed by atoms with Crippen molar-refractivity contribution in [1.82, 2.24) is 20.1 Å². The molecule has 1 N–H and O–H groups in total. The summed E-state index contributed by atoms with van der Waals surface area (Å²) in [5.41, 5.74) is 2.05. The maximum Gasteiger partial charge on any atom is 0.0831 e. The van der Waals surface area contributed by atoms with Crippen LogP contribution in [0.4, 0.5) is 0 Å². The molecule has 0 bridgehead atoms. The molecule has 98 valence electrons. The van der Waals surface area contributed by atoms with Gasteiger partial charge < -0.3 is 5.32 Å². The Morgan fingerprint density at radius 2 is 2.37 bits per heavy atom. The van der Waals surface area contributed by atoms with Gasteiger partial charge in [-0.2, -0.15) is 5.10 Å². The molecule has 3 heterocycles. The number of rotatable bonds is 4. The predicted molar refractivity (Wildman–Crippen MR) is 79.8 cm³/mol. The van der Waals surface area contributed by atoms with Gasteiger partial charge in [0.05, 0.1) is 28.0 Å². The molecule has 3 aromatic heterocycles. The molecule has 0 radical (unpaired) electrons. The zero-order chi connectivity index (χ0) is 13.2. The van der Waals surface area contributed by atoms with Crippen LogP contribution in [-0.4, -0.2) is 28.4 Å². The second-order valence-corrected chi connectivity index (χ2v) is 5.67. The fourth-order valence-electron chi connectivity index (χ4n) is 1.89. The average molecular weight is 293 g/mol. The van der Waals surface area contributed by atoms with Crippen molar-refractivity contribution >= 4 is 33.2 Å². The number of fused-ring (bicyclic) bond motifs is 1. The molecule has 0 atom stereocenters. The van der Waals surface area contributed by atoms with Gasteiger partial charge in [-0.15, -0.1) is 11.3 Å². The monoisotopic (exact) mass is 292 g/mol. The molecule has 3 aromatic rings. The van der Waals surface area contributed by atoms with E-state index in [9.17, 15) is 0 Å². The van der Waals surface area contributed by atoms with E-state index < -0.39 is 0 Å². The average Bonchev–Trinajstić information content (AvgIpc) is 3.03. The van der Waals surface area contributed by atoms with E-state index in [1.54, 1.807) is 17.5 Å². The van der Waals surface area contributed by atoms with E-state index in [1.807, 2.05) is 24.0 Å². The highest BCUT2D eigenvalue weighted by Gasteiger charge is 2.09. The molecule has 4 nitrogen and oxygen atoms in total. The first kappa shape index (κ1) is 12.6. The molecule has 0 aromatic carbocycles. The summed E-state index contributed by atoms with van der Waals surface area (Å²) < 4.78 is 2.97. The van der Waals surface area contributed by atoms with Crippen molar-refractivity contribution < 1.29 is 0 Å². The molecular formula is C13H13ClN4S. The lowest BCUT2D eigenvalue weighted by Gasteiger charge is -1.98. The quantitative estimate of drug-likeness (QED) is 0.804. The van der Waals surface area contributed by atoms with Crippen molar-refractivity contribution in [3.63, 3.8) is 0 Å². The van der Waals surface area contributed by atoms with Gasteiger partial charge in [-0.3, -0.25) is 9.67 Å². The summed E-state index contributed by atoms with van der Waals surface area (Å²) in [4.78, 5) is 5.48. The van der Waals surface area contributed by atoms with Crippen LogP contribution in [0, 0.1) is 0 Å². The van der Waals surface area contributed by atoms with Gasteiger partial charge >= 0.3 is 0 Å². The molecule has 0 spiro atoms. The number of thiophene rings is 1. The lowest BCUT2D eigenvalue weighted by Crippen LogP contribution is -2.14. The fourth-order valence-corrected chi connectivity index (χ4v) is 3.15. The molecule has 3 rings (SSSR count). The normalized spacial score (nSPS) is 11.3. The Hall–Kier alpha value is -1.43. The number of halogens is 1. The van der Waals surface area contributed by atoms with Crippen molar-refractivity contribution in [3.8, 4) is 10.4 Å². The summed E-state index contributed by atoms with van der Waals surface area (Å²) >= 11 is 7.82. The number of nitrogens with zero attached hydrogens (tertiary/aromatic N) is 3. The minimum Gasteiger partial charge on any atom is -0.318 e. The minimum atomic E-state index is 0.754. The maximum atomic E-state index is 6.17. The van der Waals surface area contributed by atoms with Gasteiger partial charge in [-0.1, -0.05) is 11.6 Å². The van der Waals surface area contributed by atoms with E-state index >= 15 is 0 Å². The van der Waals surface area contributed by atoms with Gasteiger partial charge in [0, 0.05) is 29.4 Å². The molecule has 0 aliphatic rings. The van der Waals surface area contributed by atoms with E-state index in [4.69, 9.17) is 11.6 Å². The van der Waals surface area contributed by atoms with Crippen LogP contribution in [0.15, 0.2) is 30.7 Å². The van der Waals surface area contributed by atoms with Gasteiger partial charge in [0.15, 0.2) is 0 Å². The van der Waals surface area contributed by atoms with E-state index in [1.165, 1.54) is 0 Å². The van der Waals surface area contributed by atoms with Crippen LogP contribution in [0.1, 0.15) is 0 Å². The lowest BCUT2D eigenvalue weighted by molar-refractivity contribution is 0.585. The van der Waals surface area contributed by atoms with E-state index in [-0.39, 0.29) is 0 Å². The van der Waals surface area contributed by atoms with Crippen molar-refractivity contribution in [2.45, 2.75) is 6.54 Å². The standard InChI is InChI=1S/C13H13ClN4S/c1-15-4-5-18-8-9(7-17-18)12-6-11-13(19-12)10(14)2-3-16-11/h2-3,6-8,15H,4-5H2,1H3. The van der Waals surface area contributed by atoms with Crippen molar-refractivity contribution in [2.75, 3.05) is 13.6 Å². The molecule has 19 heavy (non-hydrogen) atoms. The van der Waals surface area contributed by atoms with Crippen LogP contribution in [0.2, 0.25) is 5.02 Å². The van der Waals surface area contributed by atoms with Crippen LogP contribution >= 0.6 is 22.9 Å². The van der Waals surface area contributed by atoms with Crippen LogP contribution in [-0.2, 0) is 6.54 Å². The Labute approximate surface area is 120 Å². The Morgan fingerprint density at radius 3 is 3.16 bits per heavy atom. The molecule has 6 heteroatoms. The molecule has 0 saturated carbocycles. The largest absolute Gasteiger partial charge is 0.318 e. The molecule has 0 unspecified atom stereocenters. The highest BCUT2D eigenvalue weighted by molar-refractivity contribution is 7.22. The zero-order valence-electron chi connectivity index (χ0n) is 10.4. The summed E-state index contributed by atoms with van der Waals surface area (Å²) in [5.74, 6) is 0. The minimum absolute atomic E-state index is 0.754. The summed E-state index contributed by atoms with van der Waals surface area (Å²) in [6, 6.07) is 3.88. The molecule has 0 saturated heterocycles. The van der Waals surface area contributed by atoms with E-state index in [2.05, 4.69) is 27.7 Å². The third kappa shape index (κ3) is 2.49. The van der Waals surface area contributed by atoms with Crippen LogP contribution < -0.4 is 5.32 Å². The third-order valence-electron chi connectivity index (χ3n) is 2.87. The summed E-state index contributed by atoms with van der Waals surface area (Å²) in [7, 11) is 1.93. The van der Waals surface area contributed by atoms with Gasteiger partial charge in [-0.05, 0) is 19.2 Å². The molecular weight excluding hydrogens is 280 g/mol. The predicted octanol–water partition coefficient (Wildman–Crippen LogP) is 3.03. The zero-order valence-corrected chi connectivity index (χ0v) is 12.0. The Kier molecular flexibility index (Phi) is 3.50. The number of pyridine rings is 1. The van der Waals surface area contributed by atoms with E-state index in [0.29, 0.717) is 0 Å². The van der Waals surface area contributed by atoms with Crippen LogP contribution in [0.3, 0.4) is 0 Å². The first-order valence-electron chi connectivity index (χ1n) is 5.99. The molecule has 0 amide bonds. The number of aromatic nitrogens is 3. The van der Waals surface area contributed by atoms with E-state index in [0.717, 1.165) is 38.8 Å². The Bertz CT molecular complexity index is 704. The maximum absolute atomic E-state index is 6.17. The van der Waals surface area contributed by atoms with Crippen molar-refractivity contribution in [1.29, 1.82) is 0 Å². The molecule has 0 fully saturated rings. The number of hydrogen-bond donors (Lipinski definition) is 1. The second kappa shape index (κ2) is 5.28. The Morgan fingerprint density at radius 1 is 1.47 bits per heavy atom. The fraction of sp³-hybridized carbons (Fsp3) is 0.231. The SMILES string of the molecule is CNCCn1cc(-c2cc3nccc(Cl)c3s2)cn1. The number of nitrogens with one attached hydrogen (secondary N) is 1. The summed E-state index contributed by atoms with van der Waals surface area (Å²) in [6.07, 6.45) is 5.67. The first-order valence-corrected chi connectivity index (χ1v) is 7.19. The lowest BCUT2D eigenvalue weighted by atomic mass is 10.3. The summed E-state index contributed by atoms with van der Waals surface area (Å²) in [6.45, 7) is 1.77. The van der Waals surface area contributed by atoms with Crippen LogP contribution in [0.25, 0.3) is 20.7 Å². The van der Waals surface area contributed by atoms with Gasteiger partial charge in [0.2, 0.25) is 0 Å². The topological polar surface area (TPSA) is 42.7 Å². The molecule has 0 aliphatic carbocycles. The molecule has 0 aliphatic heterocycles. The smallest absolute Gasteiger partial charge is 0.0831 e.